The normalized spacial score (nSPS) is 13.0. The largest absolute Gasteiger partial charge is 0.462 e. The second-order valence-corrected chi connectivity index (χ2v) is 20.2. The number of carbonyl (C=O) groups is 3. The van der Waals surface area contributed by atoms with Crippen LogP contribution in [0.3, 0.4) is 0 Å². The molecule has 0 fully saturated rings. The topological polar surface area (TPSA) is 78.9 Å². The molecule has 76 heavy (non-hydrogen) atoms. The van der Waals surface area contributed by atoms with Gasteiger partial charge in [0.2, 0.25) is 0 Å². The van der Waals surface area contributed by atoms with Crippen molar-refractivity contribution >= 4 is 17.9 Å². The summed E-state index contributed by atoms with van der Waals surface area (Å²) in [5.74, 6) is -0.943. The predicted octanol–water partition coefficient (Wildman–Crippen LogP) is 21.4. The van der Waals surface area contributed by atoms with E-state index in [-0.39, 0.29) is 37.5 Å². The third-order valence-electron chi connectivity index (χ3n) is 12.9. The molecule has 0 N–H and O–H groups in total. The Hall–Kier alpha value is -4.45. The highest BCUT2D eigenvalue weighted by Crippen LogP contribution is 2.15. The fraction of sp³-hybridized carbons (Fsp3) is 0.643. The molecule has 6 nitrogen and oxygen atoms in total. The van der Waals surface area contributed by atoms with Crippen molar-refractivity contribution in [2.75, 3.05) is 13.2 Å². The van der Waals surface area contributed by atoms with Gasteiger partial charge in [-0.1, -0.05) is 270 Å². The average Bonchev–Trinajstić information content (AvgIpc) is 3.42. The van der Waals surface area contributed by atoms with Crippen molar-refractivity contribution in [2.24, 2.45) is 0 Å². The summed E-state index contributed by atoms with van der Waals surface area (Å²) in [5.41, 5.74) is 0. The molecule has 0 aromatic rings. The summed E-state index contributed by atoms with van der Waals surface area (Å²) in [7, 11) is 0. The van der Waals surface area contributed by atoms with E-state index in [0.29, 0.717) is 19.3 Å². The van der Waals surface area contributed by atoms with Gasteiger partial charge in [0, 0.05) is 19.3 Å². The molecule has 0 spiro atoms. The second kappa shape index (κ2) is 63.1. The van der Waals surface area contributed by atoms with Gasteiger partial charge >= 0.3 is 17.9 Å². The molecule has 0 heterocycles. The quantitative estimate of drug-likeness (QED) is 0.0261. The molecule has 0 aliphatic rings. The van der Waals surface area contributed by atoms with Crippen LogP contribution in [-0.2, 0) is 28.6 Å². The van der Waals surface area contributed by atoms with Gasteiger partial charge in [0.15, 0.2) is 6.10 Å². The standard InChI is InChI=1S/C70H114O6/c1-4-7-10-13-16-19-21-23-25-26-27-28-29-30-31-32-33-34-35-36-37-38-39-40-41-42-43-44-46-47-49-51-54-57-60-63-69(72)75-66-67(65-74-68(71)62-59-56-53-18-15-12-9-6-3)76-70(73)64-61-58-55-52-50-48-45-24-22-20-17-14-11-8-5-2/h7-8,10-11,16-17,19-20,23-25,27-28,30-31,33-34,36-37,45,50,52,67H,4-6,9,12-15,18,21-22,26,29,32,35,38-44,46-49,51,53-66H2,1-3H3/b10-7-,11-8-,19-16-,20-17-,25-23-,28-27-,31-30-,34-33-,37-36-,45-24-,52-50-. The molecule has 0 amide bonds. The van der Waals surface area contributed by atoms with Gasteiger partial charge in [0.25, 0.3) is 0 Å². The molecule has 0 radical (unpaired) electrons. The smallest absolute Gasteiger partial charge is 0.306 e. The van der Waals surface area contributed by atoms with E-state index in [9.17, 15) is 14.4 Å². The van der Waals surface area contributed by atoms with Crippen LogP contribution in [0.2, 0.25) is 0 Å². The second-order valence-electron chi connectivity index (χ2n) is 20.2. The first-order valence-corrected chi connectivity index (χ1v) is 31.2. The number of carbonyl (C=O) groups excluding carboxylic acids is 3. The van der Waals surface area contributed by atoms with E-state index in [2.05, 4.69) is 154 Å². The highest BCUT2D eigenvalue weighted by Gasteiger charge is 2.19. The molecular weight excluding hydrogens is 937 g/mol. The van der Waals surface area contributed by atoms with Crippen molar-refractivity contribution in [3.8, 4) is 0 Å². The summed E-state index contributed by atoms with van der Waals surface area (Å²) in [5, 5.41) is 0. The van der Waals surface area contributed by atoms with Crippen molar-refractivity contribution in [1.82, 2.24) is 0 Å². The lowest BCUT2D eigenvalue weighted by atomic mass is 10.0. The van der Waals surface area contributed by atoms with E-state index in [1.54, 1.807) is 0 Å². The first kappa shape index (κ1) is 71.5. The molecule has 0 saturated heterocycles. The summed E-state index contributed by atoms with van der Waals surface area (Å²) in [6.45, 7) is 6.34. The van der Waals surface area contributed by atoms with E-state index in [1.165, 1.54) is 103 Å². The highest BCUT2D eigenvalue weighted by atomic mass is 16.6. The number of unbranched alkanes of at least 4 members (excludes halogenated alkanes) is 22. The van der Waals surface area contributed by atoms with Crippen LogP contribution >= 0.6 is 0 Å². The van der Waals surface area contributed by atoms with Crippen molar-refractivity contribution in [3.05, 3.63) is 134 Å². The van der Waals surface area contributed by atoms with Gasteiger partial charge in [0.05, 0.1) is 0 Å². The molecule has 6 heteroatoms. The third-order valence-corrected chi connectivity index (χ3v) is 12.9. The Morgan fingerprint density at radius 2 is 0.513 bits per heavy atom. The Morgan fingerprint density at radius 3 is 0.829 bits per heavy atom. The molecule has 1 atom stereocenters. The molecule has 0 rings (SSSR count). The third kappa shape index (κ3) is 60.4. The summed E-state index contributed by atoms with van der Waals surface area (Å²) in [6.07, 6.45) is 89.2. The van der Waals surface area contributed by atoms with Crippen LogP contribution in [0.1, 0.15) is 271 Å². The van der Waals surface area contributed by atoms with Crippen LogP contribution in [0.25, 0.3) is 0 Å². The Morgan fingerprint density at radius 1 is 0.276 bits per heavy atom. The predicted molar refractivity (Wildman–Crippen MR) is 329 cm³/mol. The van der Waals surface area contributed by atoms with Crippen LogP contribution in [0, 0.1) is 0 Å². The Labute approximate surface area is 468 Å². The SMILES string of the molecule is CC/C=C\C/C=C\C/C=C\C/C=C\C/C=C\C/C=C\C/C=C\CCCCCCCCCCCCCCCC(=O)OCC(COC(=O)CCCCCCCCCC)OC(=O)CCCC/C=C\C/C=C\C/C=C\C/C=C\CC. The molecule has 0 saturated carbocycles. The molecule has 0 aromatic carbocycles. The van der Waals surface area contributed by atoms with Gasteiger partial charge in [-0.15, -0.1) is 0 Å². The zero-order valence-electron chi connectivity index (χ0n) is 49.2. The maximum absolute atomic E-state index is 12.8. The zero-order valence-corrected chi connectivity index (χ0v) is 49.2. The fourth-order valence-electron chi connectivity index (χ4n) is 8.30. The number of esters is 3. The van der Waals surface area contributed by atoms with Gasteiger partial charge < -0.3 is 14.2 Å². The monoisotopic (exact) mass is 1050 g/mol. The first-order chi connectivity index (χ1) is 37.5. The maximum Gasteiger partial charge on any atom is 0.306 e. The van der Waals surface area contributed by atoms with Crippen LogP contribution in [0.5, 0.6) is 0 Å². The fourth-order valence-corrected chi connectivity index (χ4v) is 8.30. The molecule has 0 aromatic heterocycles. The first-order valence-electron chi connectivity index (χ1n) is 31.2. The maximum atomic E-state index is 12.8. The number of hydrogen-bond donors (Lipinski definition) is 0. The van der Waals surface area contributed by atoms with E-state index in [0.717, 1.165) is 122 Å². The molecule has 1 unspecified atom stereocenters. The molecule has 0 aliphatic carbocycles. The van der Waals surface area contributed by atoms with Gasteiger partial charge in [-0.3, -0.25) is 14.4 Å². The van der Waals surface area contributed by atoms with Crippen LogP contribution in [0.15, 0.2) is 134 Å². The number of allylic oxidation sites excluding steroid dienone is 22. The van der Waals surface area contributed by atoms with E-state index < -0.39 is 6.10 Å². The van der Waals surface area contributed by atoms with Crippen molar-refractivity contribution in [3.63, 3.8) is 0 Å². The summed E-state index contributed by atoms with van der Waals surface area (Å²) >= 11 is 0. The minimum absolute atomic E-state index is 0.0953. The summed E-state index contributed by atoms with van der Waals surface area (Å²) in [6, 6.07) is 0. The van der Waals surface area contributed by atoms with Crippen molar-refractivity contribution in [2.45, 2.75) is 277 Å². The van der Waals surface area contributed by atoms with E-state index in [4.69, 9.17) is 14.2 Å². The van der Waals surface area contributed by atoms with E-state index >= 15 is 0 Å². The van der Waals surface area contributed by atoms with E-state index in [1.807, 2.05) is 0 Å². The molecule has 430 valence electrons. The minimum Gasteiger partial charge on any atom is -0.462 e. The Balaban J connectivity index is 4.11. The van der Waals surface area contributed by atoms with Gasteiger partial charge in [-0.25, -0.2) is 0 Å². The van der Waals surface area contributed by atoms with Crippen molar-refractivity contribution in [1.29, 1.82) is 0 Å². The molecule has 0 bridgehead atoms. The number of rotatable bonds is 55. The summed E-state index contributed by atoms with van der Waals surface area (Å²) in [4.78, 5) is 38.0. The van der Waals surface area contributed by atoms with Crippen LogP contribution in [0.4, 0.5) is 0 Å². The number of ether oxygens (including phenoxy) is 3. The highest BCUT2D eigenvalue weighted by molar-refractivity contribution is 5.71. The lowest BCUT2D eigenvalue weighted by Gasteiger charge is -2.18. The zero-order chi connectivity index (χ0) is 55.0. The van der Waals surface area contributed by atoms with Crippen LogP contribution in [-0.4, -0.2) is 37.2 Å². The van der Waals surface area contributed by atoms with Gasteiger partial charge in [-0.05, 0) is 116 Å². The summed E-state index contributed by atoms with van der Waals surface area (Å²) < 4.78 is 16.8. The molecule has 0 aliphatic heterocycles. The number of hydrogen-bond acceptors (Lipinski definition) is 6. The molecular formula is C70H114O6. The Bertz CT molecular complexity index is 1630. The average molecular weight is 1050 g/mol. The van der Waals surface area contributed by atoms with Crippen LogP contribution < -0.4 is 0 Å². The lowest BCUT2D eigenvalue weighted by Crippen LogP contribution is -2.30. The lowest BCUT2D eigenvalue weighted by molar-refractivity contribution is -0.167. The van der Waals surface area contributed by atoms with Gasteiger partial charge in [-0.2, -0.15) is 0 Å². The minimum atomic E-state index is -0.800. The van der Waals surface area contributed by atoms with Crippen molar-refractivity contribution < 1.29 is 28.6 Å². The Kier molecular flexibility index (Phi) is 59.4. The van der Waals surface area contributed by atoms with Gasteiger partial charge in [0.1, 0.15) is 13.2 Å².